The predicted octanol–water partition coefficient (Wildman–Crippen LogP) is 3.65. The van der Waals surface area contributed by atoms with Gasteiger partial charge < -0.3 is 10.5 Å². The minimum Gasteiger partial charge on any atom is -0.493 e. The van der Waals surface area contributed by atoms with Crippen molar-refractivity contribution in [3.05, 3.63) is 65.7 Å². The third kappa shape index (κ3) is 2.83. The Morgan fingerprint density at radius 1 is 1.05 bits per heavy atom. The van der Waals surface area contributed by atoms with Gasteiger partial charge in [0.25, 0.3) is 0 Å². The molecular weight excluding hydrogens is 253 g/mol. The van der Waals surface area contributed by atoms with Crippen molar-refractivity contribution < 1.29 is 9.13 Å². The molecule has 1 unspecified atom stereocenters. The average Bonchev–Trinajstić information content (AvgIpc) is 2.53. The second kappa shape index (κ2) is 6.53. The Kier molecular flexibility index (Phi) is 4.74. The van der Waals surface area contributed by atoms with Crippen molar-refractivity contribution in [3.63, 3.8) is 0 Å². The number of para-hydroxylation sites is 1. The summed E-state index contributed by atoms with van der Waals surface area (Å²) in [6.45, 7) is 2.46. The first-order valence-electron chi connectivity index (χ1n) is 6.89. The van der Waals surface area contributed by atoms with Crippen LogP contribution in [0.3, 0.4) is 0 Å². The summed E-state index contributed by atoms with van der Waals surface area (Å²) in [5.74, 6) is 0.561. The molecule has 2 N–H and O–H groups in total. The first-order valence-corrected chi connectivity index (χ1v) is 6.89. The minimum atomic E-state index is -1.73. The van der Waals surface area contributed by atoms with Gasteiger partial charge in [-0.2, -0.15) is 0 Å². The van der Waals surface area contributed by atoms with E-state index in [1.54, 1.807) is 30.3 Å². The van der Waals surface area contributed by atoms with Crippen LogP contribution in [0.2, 0.25) is 0 Å². The SMILES string of the molecule is CCCOc1ccccc1C(F)(CN)c1ccccc1. The molecule has 0 aliphatic carbocycles. The molecule has 3 heteroatoms. The maximum Gasteiger partial charge on any atom is 0.176 e. The lowest BCUT2D eigenvalue weighted by Gasteiger charge is -2.27. The van der Waals surface area contributed by atoms with Crippen LogP contribution in [0.1, 0.15) is 24.5 Å². The molecule has 0 bridgehead atoms. The van der Waals surface area contributed by atoms with Crippen LogP contribution in [-0.4, -0.2) is 13.2 Å². The number of halogens is 1. The van der Waals surface area contributed by atoms with E-state index in [2.05, 4.69) is 0 Å². The molecule has 0 spiro atoms. The van der Waals surface area contributed by atoms with Crippen LogP contribution in [0.4, 0.5) is 4.39 Å². The number of nitrogens with two attached hydrogens (primary N) is 1. The number of rotatable bonds is 6. The van der Waals surface area contributed by atoms with Gasteiger partial charge in [0.15, 0.2) is 5.67 Å². The van der Waals surface area contributed by atoms with Crippen LogP contribution in [0.25, 0.3) is 0 Å². The second-order valence-electron chi connectivity index (χ2n) is 4.72. The molecule has 0 radical (unpaired) electrons. The molecule has 2 aromatic carbocycles. The smallest absolute Gasteiger partial charge is 0.176 e. The molecule has 0 fully saturated rings. The fourth-order valence-electron chi connectivity index (χ4n) is 2.22. The maximum absolute atomic E-state index is 15.5. The average molecular weight is 273 g/mol. The van der Waals surface area contributed by atoms with E-state index in [1.807, 2.05) is 31.2 Å². The molecule has 0 heterocycles. The zero-order valence-electron chi connectivity index (χ0n) is 11.7. The highest BCUT2D eigenvalue weighted by molar-refractivity contribution is 5.45. The minimum absolute atomic E-state index is 0.122. The van der Waals surface area contributed by atoms with Gasteiger partial charge in [0.05, 0.1) is 6.61 Å². The predicted molar refractivity (Wildman–Crippen MR) is 79.6 cm³/mol. The molecule has 0 saturated heterocycles. The molecule has 0 saturated carbocycles. The molecule has 2 nitrogen and oxygen atoms in total. The van der Waals surface area contributed by atoms with Gasteiger partial charge in [-0.25, -0.2) is 4.39 Å². The lowest BCUT2D eigenvalue weighted by Crippen LogP contribution is -2.32. The third-order valence-corrected chi connectivity index (χ3v) is 3.29. The molecule has 1 atom stereocenters. The highest BCUT2D eigenvalue weighted by Crippen LogP contribution is 2.38. The van der Waals surface area contributed by atoms with E-state index in [4.69, 9.17) is 10.5 Å². The molecule has 0 aromatic heterocycles. The summed E-state index contributed by atoms with van der Waals surface area (Å²) in [6.07, 6.45) is 0.877. The molecule has 0 aliphatic rings. The Balaban J connectivity index is 2.46. The molecule has 2 aromatic rings. The fraction of sp³-hybridized carbons (Fsp3) is 0.294. The van der Waals surface area contributed by atoms with Crippen LogP contribution < -0.4 is 10.5 Å². The number of hydrogen-bond donors (Lipinski definition) is 1. The van der Waals surface area contributed by atoms with Crippen molar-refractivity contribution in [2.75, 3.05) is 13.2 Å². The van der Waals surface area contributed by atoms with E-state index >= 15 is 4.39 Å². The standard InChI is InChI=1S/C17H20FNO/c1-2-12-20-16-11-7-6-10-15(16)17(18,13-19)14-8-4-3-5-9-14/h3-11H,2,12-13,19H2,1H3. The van der Waals surface area contributed by atoms with Crippen molar-refractivity contribution in [3.8, 4) is 5.75 Å². The first kappa shape index (κ1) is 14.5. The Morgan fingerprint density at radius 3 is 2.35 bits per heavy atom. The largest absolute Gasteiger partial charge is 0.493 e. The molecule has 0 aliphatic heterocycles. The Labute approximate surface area is 119 Å². The van der Waals surface area contributed by atoms with Gasteiger partial charge in [-0.1, -0.05) is 55.5 Å². The number of benzene rings is 2. The molecule has 106 valence electrons. The quantitative estimate of drug-likeness (QED) is 0.872. The van der Waals surface area contributed by atoms with Crippen LogP contribution in [0.15, 0.2) is 54.6 Å². The van der Waals surface area contributed by atoms with Crippen LogP contribution >= 0.6 is 0 Å². The first-order chi connectivity index (χ1) is 9.72. The second-order valence-corrected chi connectivity index (χ2v) is 4.72. The molecule has 20 heavy (non-hydrogen) atoms. The van der Waals surface area contributed by atoms with Gasteiger partial charge >= 0.3 is 0 Å². The van der Waals surface area contributed by atoms with E-state index in [-0.39, 0.29) is 6.54 Å². The van der Waals surface area contributed by atoms with Crippen molar-refractivity contribution in [1.82, 2.24) is 0 Å². The van der Waals surface area contributed by atoms with Gasteiger partial charge in [-0.3, -0.25) is 0 Å². The fourth-order valence-corrected chi connectivity index (χ4v) is 2.22. The summed E-state index contributed by atoms with van der Waals surface area (Å²) in [4.78, 5) is 0. The number of alkyl halides is 1. The monoisotopic (exact) mass is 273 g/mol. The normalized spacial score (nSPS) is 13.8. The van der Waals surface area contributed by atoms with Gasteiger partial charge in [-0.15, -0.1) is 0 Å². The summed E-state index contributed by atoms with van der Waals surface area (Å²) < 4.78 is 21.1. The number of hydrogen-bond acceptors (Lipinski definition) is 2. The highest BCUT2D eigenvalue weighted by Gasteiger charge is 2.35. The summed E-state index contributed by atoms with van der Waals surface area (Å²) in [5, 5.41) is 0. The van der Waals surface area contributed by atoms with Crippen molar-refractivity contribution >= 4 is 0 Å². The van der Waals surface area contributed by atoms with E-state index in [9.17, 15) is 0 Å². The molecular formula is C17H20FNO. The van der Waals surface area contributed by atoms with Gasteiger partial charge in [0.1, 0.15) is 5.75 Å². The van der Waals surface area contributed by atoms with Gasteiger partial charge in [0.2, 0.25) is 0 Å². The van der Waals surface area contributed by atoms with E-state index in [1.165, 1.54) is 0 Å². The summed E-state index contributed by atoms with van der Waals surface area (Å²) in [6, 6.07) is 16.2. The molecule has 0 amide bonds. The Morgan fingerprint density at radius 2 is 1.70 bits per heavy atom. The van der Waals surface area contributed by atoms with Crippen molar-refractivity contribution in [2.45, 2.75) is 19.0 Å². The summed E-state index contributed by atoms with van der Waals surface area (Å²) in [7, 11) is 0. The van der Waals surface area contributed by atoms with Gasteiger partial charge in [0, 0.05) is 12.1 Å². The summed E-state index contributed by atoms with van der Waals surface area (Å²) in [5.41, 5.74) is 5.05. The molecule has 2 rings (SSSR count). The zero-order valence-corrected chi connectivity index (χ0v) is 11.7. The van der Waals surface area contributed by atoms with Crippen LogP contribution in [0.5, 0.6) is 5.75 Å². The Hall–Kier alpha value is -1.87. The number of ether oxygens (including phenoxy) is 1. The lowest BCUT2D eigenvalue weighted by atomic mass is 9.87. The summed E-state index contributed by atoms with van der Waals surface area (Å²) >= 11 is 0. The van der Waals surface area contributed by atoms with E-state index in [0.717, 1.165) is 6.42 Å². The maximum atomic E-state index is 15.5. The highest BCUT2D eigenvalue weighted by atomic mass is 19.1. The zero-order chi connectivity index (χ0) is 14.4. The van der Waals surface area contributed by atoms with E-state index < -0.39 is 5.67 Å². The van der Waals surface area contributed by atoms with E-state index in [0.29, 0.717) is 23.5 Å². The van der Waals surface area contributed by atoms with Crippen LogP contribution in [0, 0.1) is 0 Å². The topological polar surface area (TPSA) is 35.2 Å². The Bertz CT molecular complexity index is 544. The third-order valence-electron chi connectivity index (χ3n) is 3.29. The van der Waals surface area contributed by atoms with Crippen molar-refractivity contribution in [2.24, 2.45) is 5.73 Å². The lowest BCUT2D eigenvalue weighted by molar-refractivity contribution is 0.218. The van der Waals surface area contributed by atoms with Crippen molar-refractivity contribution in [1.29, 1.82) is 0 Å². The van der Waals surface area contributed by atoms with Gasteiger partial charge in [-0.05, 0) is 18.1 Å². The van der Waals surface area contributed by atoms with Crippen LogP contribution in [-0.2, 0) is 5.67 Å².